The molecule has 57 heavy (non-hydrogen) atoms. The van der Waals surface area contributed by atoms with Crippen LogP contribution in [0.1, 0.15) is 57.5 Å². The zero-order chi connectivity index (χ0) is 36.9. The standard InChI is InChI=1S/C20H17O2.2C7H7O3S.C7H7.4CH4.2Y/c1-21-18-11-7-16(8-12-18)15-17-9-13-20(14-10-17)22-19-5-3-2-4-6-19;1-6-4-2-3-5-7(6)11(8,9)10;1-6-4-2-3-5-7(6)11-10-9-8;1-7-5-3-2-4-6-7;;;;;;/h3-14H,15H2,1H3;2,4-5H,1H3,(H,8,9,10);2,4-5,8H,1H3;3-6H,1H3;4*1H4;;/q4*-1;;;;;;. The van der Waals surface area contributed by atoms with Crippen molar-refractivity contribution in [3.05, 3.63) is 186 Å². The van der Waals surface area contributed by atoms with Crippen LogP contribution in [0.25, 0.3) is 0 Å². The Bertz CT molecular complexity index is 1970. The third-order valence-corrected chi connectivity index (χ3v) is 8.54. The van der Waals surface area contributed by atoms with Gasteiger partial charge in [-0.05, 0) is 46.7 Å². The topological polar surface area (TPSA) is 112 Å². The first kappa shape index (κ1) is 60.9. The number of aryl methyl sites for hydroxylation is 3. The molecular weight excluding hydrogens is 910 g/mol. The van der Waals surface area contributed by atoms with Crippen LogP contribution in [0, 0.1) is 45.0 Å². The first-order chi connectivity index (χ1) is 24.6. The summed E-state index contributed by atoms with van der Waals surface area (Å²) in [5, 5.41) is 11.3. The maximum Gasteiger partial charge on any atom is 0.247 e. The van der Waals surface area contributed by atoms with E-state index in [1.165, 1.54) is 22.8 Å². The average Bonchev–Trinajstić information content (AvgIpc) is 3.14. The van der Waals surface area contributed by atoms with Gasteiger partial charge in [0.15, 0.2) is 0 Å². The minimum Gasteiger partial charge on any atom is -0.497 e. The van der Waals surface area contributed by atoms with Gasteiger partial charge in [0.2, 0.25) is 10.1 Å². The Morgan fingerprint density at radius 3 is 1.44 bits per heavy atom. The minimum absolute atomic E-state index is 0. The summed E-state index contributed by atoms with van der Waals surface area (Å²) in [6.07, 6.45) is 0.893. The fraction of sp³-hybridized carbons (Fsp3) is 0.200. The van der Waals surface area contributed by atoms with Gasteiger partial charge in [0.05, 0.1) is 7.11 Å². The van der Waals surface area contributed by atoms with Crippen LogP contribution >= 0.6 is 12.0 Å². The van der Waals surface area contributed by atoms with Crippen LogP contribution in [0.15, 0.2) is 143 Å². The summed E-state index contributed by atoms with van der Waals surface area (Å²) in [5.41, 5.74) is 5.36. The van der Waals surface area contributed by atoms with Crippen molar-refractivity contribution in [1.29, 1.82) is 0 Å². The van der Waals surface area contributed by atoms with Gasteiger partial charge < -0.3 is 9.47 Å². The fourth-order valence-electron chi connectivity index (χ4n) is 4.11. The molecule has 8 nitrogen and oxygen atoms in total. The molecule has 304 valence electrons. The second-order valence-electron chi connectivity index (χ2n) is 10.7. The Morgan fingerprint density at radius 2 is 1.04 bits per heavy atom. The first-order valence-electron chi connectivity index (χ1n) is 15.4. The Balaban J connectivity index is -0.000000346. The molecule has 0 amide bonds. The van der Waals surface area contributed by atoms with Gasteiger partial charge >= 0.3 is 0 Å². The molecule has 2 N–H and O–H groups in total. The average molecular weight is 965 g/mol. The predicted molar refractivity (Wildman–Crippen MR) is 225 cm³/mol. The van der Waals surface area contributed by atoms with Crippen molar-refractivity contribution in [3.8, 4) is 17.2 Å². The van der Waals surface area contributed by atoms with E-state index < -0.39 is 10.1 Å². The molecule has 0 atom stereocenters. The van der Waals surface area contributed by atoms with Crippen LogP contribution in [-0.4, -0.2) is 25.3 Å². The van der Waals surface area contributed by atoms with E-state index in [1.807, 2.05) is 85.8 Å². The van der Waals surface area contributed by atoms with Crippen LogP contribution in [0.2, 0.25) is 0 Å². The van der Waals surface area contributed by atoms with Gasteiger partial charge in [-0.3, -0.25) is 4.55 Å². The van der Waals surface area contributed by atoms with Crippen molar-refractivity contribution in [2.45, 2.75) is 66.7 Å². The molecule has 2 radical (unpaired) electrons. The van der Waals surface area contributed by atoms with E-state index in [4.69, 9.17) is 19.3 Å². The molecule has 0 aromatic heterocycles. The number of rotatable bonds is 9. The first-order valence-corrected chi connectivity index (χ1v) is 17.6. The van der Waals surface area contributed by atoms with Crippen LogP contribution in [-0.2, 0) is 91.3 Å². The molecule has 12 heteroatoms. The van der Waals surface area contributed by atoms with Gasteiger partial charge in [-0.1, -0.05) is 84.7 Å². The Morgan fingerprint density at radius 1 is 0.596 bits per heavy atom. The SMILES string of the molecule is C.C.C.C.COc1ccc(Cc2ccc(Oc3cc[c-]cc3)cc2)cc1.Cc1cc[c-]cc1.Cc1cc[c-]cc1S(=O)(=O)O.Cc1cc[c-]cc1SOOO.[Y].[Y]. The van der Waals surface area contributed by atoms with Gasteiger partial charge in [-0.25, -0.2) is 13.7 Å². The molecule has 0 aliphatic rings. The van der Waals surface area contributed by atoms with Crippen molar-refractivity contribution in [2.75, 3.05) is 7.11 Å². The predicted octanol–water partition coefficient (Wildman–Crippen LogP) is 12.5. The minimum atomic E-state index is -4.06. The molecule has 0 heterocycles. The molecule has 0 saturated carbocycles. The maximum atomic E-state index is 10.6. The van der Waals surface area contributed by atoms with E-state index in [0.717, 1.165) is 46.2 Å². The molecule has 6 aromatic rings. The summed E-state index contributed by atoms with van der Waals surface area (Å²) in [7, 11) is -2.39. The maximum absolute atomic E-state index is 10.6. The molecule has 6 rings (SSSR count). The number of benzene rings is 6. The Hall–Kier alpha value is -2.73. The van der Waals surface area contributed by atoms with Crippen molar-refractivity contribution in [2.24, 2.45) is 0 Å². The van der Waals surface area contributed by atoms with Gasteiger partial charge in [0.25, 0.3) is 0 Å². The summed E-state index contributed by atoms with van der Waals surface area (Å²) >= 11 is 0.944. The summed E-state index contributed by atoms with van der Waals surface area (Å²) in [6, 6.07) is 52.9. The second-order valence-corrected chi connectivity index (χ2v) is 12.8. The molecule has 0 unspecified atom stereocenters. The summed E-state index contributed by atoms with van der Waals surface area (Å²) in [4.78, 5) is 0.779. The van der Waals surface area contributed by atoms with Crippen LogP contribution in [0.3, 0.4) is 0 Å². The number of hydrogen-bond donors (Lipinski definition) is 2. The quantitative estimate of drug-likeness (QED) is 0.0481. The van der Waals surface area contributed by atoms with E-state index in [1.54, 1.807) is 38.3 Å². The summed E-state index contributed by atoms with van der Waals surface area (Å²) in [6.45, 7) is 5.60. The van der Waals surface area contributed by atoms with Gasteiger partial charge in [-0.2, -0.15) is 103 Å². The van der Waals surface area contributed by atoms with Crippen molar-refractivity contribution in [3.63, 3.8) is 0 Å². The van der Waals surface area contributed by atoms with Crippen molar-refractivity contribution < 1.29 is 102 Å². The largest absolute Gasteiger partial charge is 0.497 e. The smallest absolute Gasteiger partial charge is 0.247 e. The second kappa shape index (κ2) is 34.2. The van der Waals surface area contributed by atoms with E-state index in [0.29, 0.717) is 5.56 Å². The Kier molecular flexibility index (Phi) is 36.5. The normalized spacial score (nSPS) is 9.16. The Labute approximate surface area is 397 Å². The molecule has 0 aliphatic heterocycles. The van der Waals surface area contributed by atoms with E-state index in [2.05, 4.69) is 64.8 Å². The molecule has 0 saturated heterocycles. The number of methoxy groups -OCH3 is 1. The van der Waals surface area contributed by atoms with E-state index in [9.17, 15) is 8.42 Å². The van der Waals surface area contributed by atoms with Crippen LogP contribution in [0.5, 0.6) is 17.2 Å². The molecule has 0 bridgehead atoms. The summed E-state index contributed by atoms with van der Waals surface area (Å²) < 4.78 is 45.0. The van der Waals surface area contributed by atoms with Crippen LogP contribution < -0.4 is 9.47 Å². The third kappa shape index (κ3) is 24.7. The zero-order valence-corrected chi connectivity index (χ0v) is 37.0. The van der Waals surface area contributed by atoms with Crippen molar-refractivity contribution in [1.82, 2.24) is 0 Å². The molecular formula is C45H54O8S2Y2-4. The molecule has 0 aliphatic carbocycles. The zero-order valence-electron chi connectivity index (χ0n) is 29.7. The van der Waals surface area contributed by atoms with E-state index >= 15 is 0 Å². The third-order valence-electron chi connectivity index (χ3n) is 6.80. The van der Waals surface area contributed by atoms with Gasteiger partial charge in [-0.15, -0.1) is 27.6 Å². The number of ether oxygens (including phenoxy) is 2. The monoisotopic (exact) mass is 964 g/mol. The summed E-state index contributed by atoms with van der Waals surface area (Å²) in [5.74, 6) is 2.54. The molecule has 0 fully saturated rings. The van der Waals surface area contributed by atoms with Gasteiger partial charge in [0.1, 0.15) is 11.5 Å². The van der Waals surface area contributed by atoms with Crippen molar-refractivity contribution >= 4 is 22.2 Å². The van der Waals surface area contributed by atoms with E-state index in [-0.39, 0.29) is 100 Å². The van der Waals surface area contributed by atoms with Gasteiger partial charge in [0, 0.05) is 83.2 Å². The fourth-order valence-corrected chi connectivity index (χ4v) is 5.22. The number of hydrogen-bond acceptors (Lipinski definition) is 8. The molecule has 0 spiro atoms. The molecule has 6 aromatic carbocycles. The van der Waals surface area contributed by atoms with Crippen LogP contribution in [0.4, 0.5) is 0 Å².